The van der Waals surface area contributed by atoms with Crippen LogP contribution < -0.4 is 44.7 Å². The Morgan fingerprint density at radius 2 is 1.74 bits per heavy atom. The normalized spacial score (nSPS) is 11.4. The van der Waals surface area contributed by atoms with E-state index in [9.17, 15) is 22.9 Å². The Hall–Kier alpha value is -2.70. The molecule has 0 saturated heterocycles. The van der Waals surface area contributed by atoms with E-state index in [0.29, 0.717) is 28.5 Å². The van der Waals surface area contributed by atoms with Gasteiger partial charge in [0.05, 0.1) is 22.8 Å². The molecule has 1 amide bonds. The molecule has 4 aromatic rings. The number of carbonyl (C=O) groups excluding carboxylic acids is 1. The van der Waals surface area contributed by atoms with Gasteiger partial charge in [0, 0.05) is 10.9 Å². The predicted octanol–water partition coefficient (Wildman–Crippen LogP) is 3.71. The number of hydrogen-bond acceptors (Lipinski definition) is 7. The van der Waals surface area contributed by atoms with Crippen LogP contribution in [0.4, 0.5) is 17.1 Å². The first-order valence-electron chi connectivity index (χ1n) is 11.1. The van der Waals surface area contributed by atoms with Crippen LogP contribution >= 0.6 is 23.2 Å². The zero-order chi connectivity index (χ0) is 27.6. The molecule has 4 rings (SSSR count). The standard InChI is InChI=1S/C26H21Cl2N3O6S.Na/c1-3-14-11-12-20(38(34,35)36)21(28)22(14)30-31-23-16-8-5-4-7-15(16)13-17(25(23)32)26(33)29-24-18(27)9-6-10-19(24)37-2;/h4-13,32H,3H2,1-2H3,(H,29,33)(H,34,35,36);/q;+1/p-1. The van der Waals surface area contributed by atoms with Crippen molar-refractivity contribution in [1.29, 1.82) is 0 Å². The number of anilines is 1. The third-order valence-electron chi connectivity index (χ3n) is 5.73. The van der Waals surface area contributed by atoms with E-state index in [1.807, 2.05) is 0 Å². The number of ether oxygens (including phenoxy) is 1. The minimum absolute atomic E-state index is 0. The Kier molecular flexibility index (Phi) is 10.0. The van der Waals surface area contributed by atoms with Gasteiger partial charge < -0.3 is 15.2 Å². The van der Waals surface area contributed by atoms with Gasteiger partial charge in [-0.1, -0.05) is 72.3 Å². The average molecular weight is 596 g/mol. The summed E-state index contributed by atoms with van der Waals surface area (Å²) in [5.74, 6) is -1.17. The fourth-order valence-corrected chi connectivity index (χ4v) is 5.12. The minimum Gasteiger partial charge on any atom is -0.870 e. The Labute approximate surface area is 256 Å². The SMILES string of the molecule is CCc1ccc(S(=O)(=O)O)c(Cl)c1N=Nc1c([O-])c(C(=O)Nc2c(Cl)cccc2OC)cc2ccccc12.[Na+]. The number of para-hydroxylation sites is 1. The topological polar surface area (TPSA) is 140 Å². The summed E-state index contributed by atoms with van der Waals surface area (Å²) < 4.78 is 38.2. The van der Waals surface area contributed by atoms with Crippen molar-refractivity contribution in [2.75, 3.05) is 12.4 Å². The van der Waals surface area contributed by atoms with Crippen molar-refractivity contribution in [2.24, 2.45) is 10.2 Å². The second kappa shape index (κ2) is 12.6. The van der Waals surface area contributed by atoms with Gasteiger partial charge in [0.2, 0.25) is 0 Å². The summed E-state index contributed by atoms with van der Waals surface area (Å²) in [4.78, 5) is 12.7. The number of hydrogen-bond donors (Lipinski definition) is 2. The van der Waals surface area contributed by atoms with Gasteiger partial charge >= 0.3 is 29.6 Å². The van der Waals surface area contributed by atoms with E-state index in [0.717, 1.165) is 6.07 Å². The quantitative estimate of drug-likeness (QED) is 0.189. The smallest absolute Gasteiger partial charge is 0.870 e. The number of amides is 1. The van der Waals surface area contributed by atoms with Gasteiger partial charge in [0.25, 0.3) is 16.0 Å². The van der Waals surface area contributed by atoms with E-state index >= 15 is 0 Å². The maximum absolute atomic E-state index is 13.5. The summed E-state index contributed by atoms with van der Waals surface area (Å²) >= 11 is 12.5. The average Bonchev–Trinajstić information content (AvgIpc) is 2.88. The zero-order valence-corrected chi connectivity index (χ0v) is 25.4. The number of benzene rings is 4. The molecule has 0 atom stereocenters. The van der Waals surface area contributed by atoms with E-state index in [1.54, 1.807) is 49.4 Å². The van der Waals surface area contributed by atoms with E-state index in [1.165, 1.54) is 19.2 Å². The van der Waals surface area contributed by atoms with Gasteiger partial charge in [-0.05, 0) is 41.6 Å². The molecule has 0 aliphatic heterocycles. The number of methoxy groups -OCH3 is 1. The van der Waals surface area contributed by atoms with Crippen molar-refractivity contribution >= 4 is 67.1 Å². The molecule has 0 aliphatic carbocycles. The number of azo groups is 1. The summed E-state index contributed by atoms with van der Waals surface area (Å²) in [7, 11) is -3.21. The number of rotatable bonds is 7. The van der Waals surface area contributed by atoms with Crippen LogP contribution in [0.25, 0.3) is 10.8 Å². The van der Waals surface area contributed by atoms with Crippen molar-refractivity contribution in [1.82, 2.24) is 0 Å². The van der Waals surface area contributed by atoms with Gasteiger partial charge in [0.1, 0.15) is 22.0 Å². The number of carbonyl (C=O) groups is 1. The maximum Gasteiger partial charge on any atom is 1.00 e. The van der Waals surface area contributed by atoms with Crippen molar-refractivity contribution in [3.8, 4) is 11.5 Å². The van der Waals surface area contributed by atoms with Gasteiger partial charge in [-0.25, -0.2) is 0 Å². The molecule has 0 aromatic heterocycles. The summed E-state index contributed by atoms with van der Waals surface area (Å²) in [5.41, 5.74) is 0.313. The van der Waals surface area contributed by atoms with Gasteiger partial charge in [-0.2, -0.15) is 13.5 Å². The molecule has 196 valence electrons. The molecule has 0 spiro atoms. The van der Waals surface area contributed by atoms with Crippen LogP contribution in [-0.2, 0) is 16.5 Å². The zero-order valence-electron chi connectivity index (χ0n) is 21.0. The van der Waals surface area contributed by atoms with Gasteiger partial charge in [0.15, 0.2) is 0 Å². The fourth-order valence-electron chi connectivity index (χ4n) is 3.83. The third kappa shape index (κ3) is 6.38. The first-order chi connectivity index (χ1) is 18.1. The van der Waals surface area contributed by atoms with Crippen LogP contribution in [0.1, 0.15) is 22.8 Å². The van der Waals surface area contributed by atoms with Crippen LogP contribution in [-0.4, -0.2) is 26.0 Å². The molecule has 13 heteroatoms. The molecule has 0 bridgehead atoms. The van der Waals surface area contributed by atoms with Gasteiger partial charge in [-0.3, -0.25) is 9.35 Å². The molecule has 4 aromatic carbocycles. The molecule has 0 aliphatic rings. The minimum atomic E-state index is -4.63. The molecular weight excluding hydrogens is 576 g/mol. The van der Waals surface area contributed by atoms with E-state index in [-0.39, 0.29) is 62.2 Å². The van der Waals surface area contributed by atoms with Crippen LogP contribution in [0.5, 0.6) is 11.5 Å². The monoisotopic (exact) mass is 595 g/mol. The largest absolute Gasteiger partial charge is 1.00 e. The van der Waals surface area contributed by atoms with Crippen molar-refractivity contribution in [2.45, 2.75) is 18.2 Å². The Morgan fingerprint density at radius 1 is 1.05 bits per heavy atom. The second-order valence-corrected chi connectivity index (χ2v) is 10.2. The number of nitrogens with zero attached hydrogens (tertiary/aromatic N) is 2. The fraction of sp³-hybridized carbons (Fsp3) is 0.115. The number of fused-ring (bicyclic) bond motifs is 1. The number of aryl methyl sites for hydroxylation is 1. The molecule has 0 radical (unpaired) electrons. The first-order valence-corrected chi connectivity index (χ1v) is 13.3. The number of halogens is 2. The molecule has 9 nitrogen and oxygen atoms in total. The summed E-state index contributed by atoms with van der Waals surface area (Å²) in [6, 6.07) is 15.6. The van der Waals surface area contributed by atoms with Crippen molar-refractivity contribution in [3.05, 3.63) is 81.8 Å². The van der Waals surface area contributed by atoms with Crippen LogP contribution in [0.2, 0.25) is 10.0 Å². The van der Waals surface area contributed by atoms with Crippen LogP contribution in [0.3, 0.4) is 0 Å². The third-order valence-corrected chi connectivity index (χ3v) is 7.43. The molecular formula is C26H20Cl2N3NaO6S. The molecule has 0 heterocycles. The van der Waals surface area contributed by atoms with E-state index in [2.05, 4.69) is 15.5 Å². The van der Waals surface area contributed by atoms with Crippen molar-refractivity contribution in [3.63, 3.8) is 0 Å². The maximum atomic E-state index is 13.5. The molecule has 2 N–H and O–H groups in total. The van der Waals surface area contributed by atoms with Crippen LogP contribution in [0.15, 0.2) is 75.8 Å². The van der Waals surface area contributed by atoms with E-state index < -0.39 is 26.7 Å². The molecule has 39 heavy (non-hydrogen) atoms. The van der Waals surface area contributed by atoms with E-state index in [4.69, 9.17) is 27.9 Å². The molecule has 0 unspecified atom stereocenters. The predicted molar refractivity (Wildman–Crippen MR) is 144 cm³/mol. The Bertz CT molecular complexity index is 1710. The molecule has 0 saturated carbocycles. The first kappa shape index (κ1) is 30.8. The Balaban J connectivity index is 0.00000420. The molecule has 0 fully saturated rings. The second-order valence-electron chi connectivity index (χ2n) is 8.01. The summed E-state index contributed by atoms with van der Waals surface area (Å²) in [6.07, 6.45) is 0.410. The van der Waals surface area contributed by atoms with Crippen LogP contribution in [0, 0.1) is 0 Å². The van der Waals surface area contributed by atoms with Crippen molar-refractivity contribution < 1.29 is 57.2 Å². The summed E-state index contributed by atoms with van der Waals surface area (Å²) in [6.45, 7) is 1.79. The Morgan fingerprint density at radius 3 is 2.41 bits per heavy atom. The number of nitrogens with one attached hydrogen (secondary N) is 1. The van der Waals surface area contributed by atoms with Gasteiger partial charge in [-0.15, -0.1) is 5.11 Å². The summed E-state index contributed by atoms with van der Waals surface area (Å²) in [5, 5.41) is 25.2.